The van der Waals surface area contributed by atoms with Gasteiger partial charge in [0, 0.05) is 11.5 Å². The number of esters is 1. The van der Waals surface area contributed by atoms with Gasteiger partial charge in [0.05, 0.1) is 0 Å². The van der Waals surface area contributed by atoms with Crippen LogP contribution in [0.1, 0.15) is 44.7 Å². The van der Waals surface area contributed by atoms with Crippen molar-refractivity contribution in [1.82, 2.24) is 20.6 Å². The van der Waals surface area contributed by atoms with Crippen molar-refractivity contribution in [2.75, 3.05) is 0 Å². The van der Waals surface area contributed by atoms with E-state index in [1.807, 2.05) is 12.1 Å². The zero-order valence-electron chi connectivity index (χ0n) is 14.7. The number of tetrazole rings is 1. The van der Waals surface area contributed by atoms with Crippen molar-refractivity contribution >= 4 is 11.8 Å². The molecule has 0 aliphatic heterocycles. The fraction of sp³-hybridized carbons (Fsp3) is 0.500. The summed E-state index contributed by atoms with van der Waals surface area (Å²) in [7, 11) is 0. The Morgan fingerprint density at radius 2 is 2.08 bits per heavy atom. The number of carbonyl (C=O) groups is 2. The standard InChI is InChI=1S/C18H22N4O3/c1-18(2,3)25-16(24)10-15(23)13-6-4-12-9-14(7-5-11(12)8-13)17-19-21-22-20-17/h5,7,9,13H,4,6,8,10H2,1-3H3,(H,19,20,21,22). The molecule has 7 nitrogen and oxygen atoms in total. The molecule has 0 radical (unpaired) electrons. The Hall–Kier alpha value is -2.57. The van der Waals surface area contributed by atoms with Crippen molar-refractivity contribution in [2.24, 2.45) is 5.92 Å². The molecule has 0 spiro atoms. The van der Waals surface area contributed by atoms with Crippen molar-refractivity contribution < 1.29 is 14.3 Å². The fourth-order valence-corrected chi connectivity index (χ4v) is 3.12. The number of fused-ring (bicyclic) bond motifs is 1. The van der Waals surface area contributed by atoms with Crippen LogP contribution in [0.15, 0.2) is 18.2 Å². The van der Waals surface area contributed by atoms with Crippen LogP contribution >= 0.6 is 0 Å². The largest absolute Gasteiger partial charge is 0.460 e. The number of nitrogens with one attached hydrogen (secondary N) is 1. The van der Waals surface area contributed by atoms with E-state index in [1.54, 1.807) is 20.8 Å². The van der Waals surface area contributed by atoms with Crippen LogP contribution in [0.2, 0.25) is 0 Å². The van der Waals surface area contributed by atoms with Gasteiger partial charge in [-0.25, -0.2) is 5.10 Å². The van der Waals surface area contributed by atoms with Crippen molar-refractivity contribution in [3.8, 4) is 11.4 Å². The Morgan fingerprint density at radius 3 is 2.76 bits per heavy atom. The molecule has 0 saturated heterocycles. The third kappa shape index (κ3) is 4.29. The average Bonchev–Trinajstić information content (AvgIpc) is 3.06. The van der Waals surface area contributed by atoms with E-state index in [1.165, 1.54) is 5.56 Å². The Labute approximate surface area is 146 Å². The summed E-state index contributed by atoms with van der Waals surface area (Å²) < 4.78 is 5.24. The minimum Gasteiger partial charge on any atom is -0.460 e. The smallest absolute Gasteiger partial charge is 0.313 e. The molecule has 1 unspecified atom stereocenters. The molecule has 7 heteroatoms. The number of aromatic nitrogens is 4. The number of carbonyl (C=O) groups excluding carboxylic acids is 2. The number of aromatic amines is 1. The molecule has 25 heavy (non-hydrogen) atoms. The summed E-state index contributed by atoms with van der Waals surface area (Å²) >= 11 is 0. The first-order valence-electron chi connectivity index (χ1n) is 8.42. The van der Waals surface area contributed by atoms with E-state index in [0.717, 1.165) is 24.0 Å². The topological polar surface area (TPSA) is 97.8 Å². The SMILES string of the molecule is CC(C)(C)OC(=O)CC(=O)C1CCc2cc(-c3nnn[nH]3)ccc2C1. The number of benzene rings is 1. The maximum atomic E-state index is 12.4. The first kappa shape index (κ1) is 17.3. The van der Waals surface area contributed by atoms with Gasteiger partial charge in [-0.05, 0) is 67.7 Å². The quantitative estimate of drug-likeness (QED) is 0.676. The minimum absolute atomic E-state index is 0.0385. The predicted octanol–water partition coefficient (Wildman–Crippen LogP) is 2.27. The summed E-state index contributed by atoms with van der Waals surface area (Å²) in [4.78, 5) is 24.3. The lowest BCUT2D eigenvalue weighted by atomic mass is 9.80. The van der Waals surface area contributed by atoms with Gasteiger partial charge in [0.15, 0.2) is 5.82 Å². The van der Waals surface area contributed by atoms with E-state index in [9.17, 15) is 9.59 Å². The van der Waals surface area contributed by atoms with E-state index < -0.39 is 11.6 Å². The predicted molar refractivity (Wildman–Crippen MR) is 90.6 cm³/mol. The average molecular weight is 342 g/mol. The fourth-order valence-electron chi connectivity index (χ4n) is 3.12. The van der Waals surface area contributed by atoms with Gasteiger partial charge in [-0.3, -0.25) is 9.59 Å². The molecular formula is C18H22N4O3. The Balaban J connectivity index is 1.65. The molecule has 1 aromatic carbocycles. The lowest BCUT2D eigenvalue weighted by Crippen LogP contribution is -2.29. The molecule has 0 bridgehead atoms. The molecular weight excluding hydrogens is 320 g/mol. The lowest BCUT2D eigenvalue weighted by Gasteiger charge is -2.24. The van der Waals surface area contributed by atoms with Gasteiger partial charge in [0.2, 0.25) is 0 Å². The number of nitrogens with zero attached hydrogens (tertiary/aromatic N) is 3. The maximum Gasteiger partial charge on any atom is 0.313 e. The van der Waals surface area contributed by atoms with Crippen molar-refractivity contribution in [1.29, 1.82) is 0 Å². The first-order chi connectivity index (χ1) is 11.8. The summed E-state index contributed by atoms with van der Waals surface area (Å²) in [6.07, 6.45) is 2.05. The number of ketones is 1. The van der Waals surface area contributed by atoms with Crippen molar-refractivity contribution in [3.05, 3.63) is 29.3 Å². The highest BCUT2D eigenvalue weighted by Gasteiger charge is 2.28. The second-order valence-electron chi connectivity index (χ2n) is 7.40. The van der Waals surface area contributed by atoms with Crippen LogP contribution in [0.5, 0.6) is 0 Å². The van der Waals surface area contributed by atoms with Crippen LogP contribution in [-0.2, 0) is 27.2 Å². The molecule has 1 heterocycles. The number of H-pyrrole nitrogens is 1. The zero-order chi connectivity index (χ0) is 18.0. The molecule has 132 valence electrons. The number of Topliss-reactive ketones (excluding diaryl/α,β-unsaturated/α-hetero) is 1. The zero-order valence-corrected chi connectivity index (χ0v) is 14.7. The highest BCUT2D eigenvalue weighted by atomic mass is 16.6. The Kier molecular flexibility index (Phi) is 4.65. The highest BCUT2D eigenvalue weighted by Crippen LogP contribution is 2.29. The van der Waals surface area contributed by atoms with Crippen LogP contribution in [0.25, 0.3) is 11.4 Å². The summed E-state index contributed by atoms with van der Waals surface area (Å²) in [5.74, 6) is 0.0172. The van der Waals surface area contributed by atoms with Crippen LogP contribution in [0, 0.1) is 5.92 Å². The molecule has 1 atom stereocenters. The van der Waals surface area contributed by atoms with E-state index in [4.69, 9.17) is 4.74 Å². The van der Waals surface area contributed by atoms with E-state index in [2.05, 4.69) is 26.7 Å². The monoisotopic (exact) mass is 342 g/mol. The van der Waals surface area contributed by atoms with Gasteiger partial charge in [-0.2, -0.15) is 0 Å². The minimum atomic E-state index is -0.567. The van der Waals surface area contributed by atoms with Crippen molar-refractivity contribution in [3.63, 3.8) is 0 Å². The van der Waals surface area contributed by atoms with Gasteiger partial charge >= 0.3 is 5.97 Å². The summed E-state index contributed by atoms with van der Waals surface area (Å²) in [5.41, 5.74) is 2.71. The lowest BCUT2D eigenvalue weighted by molar-refractivity contribution is -0.156. The molecule has 0 amide bonds. The summed E-state index contributed by atoms with van der Waals surface area (Å²) in [5, 5.41) is 13.8. The van der Waals surface area contributed by atoms with Crippen LogP contribution in [0.4, 0.5) is 0 Å². The Morgan fingerprint density at radius 1 is 1.28 bits per heavy atom. The molecule has 1 aliphatic rings. The molecule has 0 saturated carbocycles. The molecule has 1 aromatic heterocycles. The third-order valence-electron chi connectivity index (χ3n) is 4.25. The maximum absolute atomic E-state index is 12.4. The van der Waals surface area contributed by atoms with E-state index in [0.29, 0.717) is 12.2 Å². The second kappa shape index (κ2) is 6.74. The van der Waals surface area contributed by atoms with E-state index >= 15 is 0 Å². The van der Waals surface area contributed by atoms with Gasteiger partial charge in [-0.1, -0.05) is 12.1 Å². The number of ether oxygens (including phenoxy) is 1. The Bertz CT molecular complexity index is 778. The summed E-state index contributed by atoms with van der Waals surface area (Å²) in [6, 6.07) is 6.02. The number of aryl methyl sites for hydroxylation is 1. The number of hydrogen-bond donors (Lipinski definition) is 1. The number of rotatable bonds is 4. The normalized spacial score (nSPS) is 17.0. The summed E-state index contributed by atoms with van der Waals surface area (Å²) in [6.45, 7) is 5.40. The van der Waals surface area contributed by atoms with Crippen LogP contribution < -0.4 is 0 Å². The van der Waals surface area contributed by atoms with Crippen LogP contribution in [-0.4, -0.2) is 38.0 Å². The first-order valence-corrected chi connectivity index (χ1v) is 8.42. The molecule has 1 aliphatic carbocycles. The second-order valence-corrected chi connectivity index (χ2v) is 7.40. The van der Waals surface area contributed by atoms with Crippen LogP contribution in [0.3, 0.4) is 0 Å². The van der Waals surface area contributed by atoms with Gasteiger partial charge in [0.1, 0.15) is 17.8 Å². The number of hydrogen-bond acceptors (Lipinski definition) is 6. The molecule has 0 fully saturated rings. The molecule has 3 rings (SSSR count). The van der Waals surface area contributed by atoms with Gasteiger partial charge in [-0.15, -0.1) is 5.10 Å². The molecule has 2 aromatic rings. The van der Waals surface area contributed by atoms with Gasteiger partial charge in [0.25, 0.3) is 0 Å². The van der Waals surface area contributed by atoms with Crippen molar-refractivity contribution in [2.45, 2.75) is 52.1 Å². The third-order valence-corrected chi connectivity index (χ3v) is 4.25. The highest BCUT2D eigenvalue weighted by molar-refractivity contribution is 5.97. The van der Waals surface area contributed by atoms with Gasteiger partial charge < -0.3 is 4.74 Å². The molecule has 1 N–H and O–H groups in total. The van der Waals surface area contributed by atoms with E-state index in [-0.39, 0.29) is 18.1 Å².